The van der Waals surface area contributed by atoms with Crippen LogP contribution in [0.25, 0.3) is 21.9 Å². The number of fused-ring (bicyclic) bond motifs is 1. The van der Waals surface area contributed by atoms with E-state index in [9.17, 15) is 5.11 Å². The lowest BCUT2D eigenvalue weighted by Crippen LogP contribution is -1.85. The Morgan fingerprint density at radius 2 is 1.14 bits per heavy atom. The van der Waals surface area contributed by atoms with E-state index in [-0.39, 0.29) is 0 Å². The molecule has 0 atom stereocenters. The fraction of sp³-hybridized carbons (Fsp3) is 0.176. The topological polar surface area (TPSA) is 20.2 Å². The van der Waals surface area contributed by atoms with Gasteiger partial charge in [-0.05, 0) is 71.8 Å². The van der Waals surface area contributed by atoms with Crippen LogP contribution in [0.1, 0.15) is 36.1 Å². The largest absolute Gasteiger partial charge is 0.508 e. The molecule has 0 amide bonds. The molecule has 0 aliphatic rings. The van der Waals surface area contributed by atoms with Gasteiger partial charge in [0.15, 0.2) is 0 Å². The Labute approximate surface area is 210 Å². The van der Waals surface area contributed by atoms with Crippen molar-refractivity contribution in [2.75, 3.05) is 0 Å². The average molecular weight is 461 g/mol. The highest BCUT2D eigenvalue weighted by molar-refractivity contribution is 5.87. The summed E-state index contributed by atoms with van der Waals surface area (Å²) in [6.45, 7) is 8.51. The smallest absolute Gasteiger partial charge is 0.116 e. The van der Waals surface area contributed by atoms with E-state index in [0.717, 1.165) is 18.2 Å². The number of phenols is 1. The number of rotatable bonds is 3. The number of aromatic hydroxyl groups is 1. The fourth-order valence-electron chi connectivity index (χ4n) is 3.98. The highest BCUT2D eigenvalue weighted by atomic mass is 16.3. The molecule has 1 N–H and O–H groups in total. The summed E-state index contributed by atoms with van der Waals surface area (Å²) in [6, 6.07) is 39.4. The van der Waals surface area contributed by atoms with Gasteiger partial charge in [0.2, 0.25) is 0 Å². The Morgan fingerprint density at radius 3 is 1.71 bits per heavy atom. The predicted octanol–water partition coefficient (Wildman–Crippen LogP) is 9.33. The second-order valence-corrected chi connectivity index (χ2v) is 8.75. The number of hydrogen-bond acceptors (Lipinski definition) is 1. The third kappa shape index (κ3) is 7.86. The number of hydrogen-bond donors (Lipinski definition) is 1. The first-order valence-electron chi connectivity index (χ1n) is 12.4. The minimum absolute atomic E-state index is 0.338. The van der Waals surface area contributed by atoms with E-state index in [0.29, 0.717) is 5.75 Å². The van der Waals surface area contributed by atoms with Gasteiger partial charge in [0.05, 0.1) is 0 Å². The number of aryl methyl sites for hydroxylation is 4. The van der Waals surface area contributed by atoms with Gasteiger partial charge in [-0.1, -0.05) is 128 Å². The molecule has 5 aromatic carbocycles. The Hall–Kier alpha value is -3.84. The molecule has 35 heavy (non-hydrogen) atoms. The van der Waals surface area contributed by atoms with Gasteiger partial charge in [-0.25, -0.2) is 0 Å². The minimum Gasteiger partial charge on any atom is -0.508 e. The van der Waals surface area contributed by atoms with Crippen LogP contribution in [0.4, 0.5) is 0 Å². The lowest BCUT2D eigenvalue weighted by molar-refractivity contribution is 0.476. The van der Waals surface area contributed by atoms with Crippen molar-refractivity contribution < 1.29 is 5.11 Å². The summed E-state index contributed by atoms with van der Waals surface area (Å²) in [4.78, 5) is 0. The van der Waals surface area contributed by atoms with Gasteiger partial charge < -0.3 is 5.11 Å². The normalized spacial score (nSPS) is 10.1. The summed E-state index contributed by atoms with van der Waals surface area (Å²) in [6.07, 6.45) is 2.17. The van der Waals surface area contributed by atoms with Gasteiger partial charge >= 0.3 is 0 Å². The molecule has 0 spiro atoms. The van der Waals surface area contributed by atoms with Crippen LogP contribution in [0.3, 0.4) is 0 Å². The zero-order valence-electron chi connectivity index (χ0n) is 21.3. The zero-order valence-corrected chi connectivity index (χ0v) is 21.3. The third-order valence-electron chi connectivity index (χ3n) is 5.96. The van der Waals surface area contributed by atoms with Crippen molar-refractivity contribution in [1.82, 2.24) is 0 Å². The third-order valence-corrected chi connectivity index (χ3v) is 5.96. The minimum atomic E-state index is 0.338. The van der Waals surface area contributed by atoms with Gasteiger partial charge in [0.25, 0.3) is 0 Å². The van der Waals surface area contributed by atoms with Crippen molar-refractivity contribution in [3.63, 3.8) is 0 Å². The van der Waals surface area contributed by atoms with Crippen LogP contribution in [-0.4, -0.2) is 5.11 Å². The molecule has 0 bridgehead atoms. The van der Waals surface area contributed by atoms with E-state index in [1.165, 1.54) is 38.8 Å². The van der Waals surface area contributed by atoms with Crippen molar-refractivity contribution in [3.05, 3.63) is 138 Å². The van der Waals surface area contributed by atoms with Crippen molar-refractivity contribution in [1.29, 1.82) is 0 Å². The first-order valence-corrected chi connectivity index (χ1v) is 12.4. The molecule has 0 fully saturated rings. The van der Waals surface area contributed by atoms with Gasteiger partial charge in [0.1, 0.15) is 5.75 Å². The van der Waals surface area contributed by atoms with E-state index in [4.69, 9.17) is 0 Å². The average Bonchev–Trinajstić information content (AvgIpc) is 2.90. The maximum absolute atomic E-state index is 9.38. The fourth-order valence-corrected chi connectivity index (χ4v) is 3.98. The van der Waals surface area contributed by atoms with Crippen LogP contribution in [0.15, 0.2) is 115 Å². The highest BCUT2D eigenvalue weighted by Crippen LogP contribution is 2.25. The quantitative estimate of drug-likeness (QED) is 0.284. The maximum Gasteiger partial charge on any atom is 0.116 e. The molecule has 5 aromatic rings. The molecule has 0 aliphatic carbocycles. The molecule has 0 heterocycles. The van der Waals surface area contributed by atoms with Crippen LogP contribution in [-0.2, 0) is 12.8 Å². The Balaban J connectivity index is 0.000000152. The standard InChI is InChI=1S/C13H14O.C13H12.C8H10/c1-3-10-6-9(2)7-11-8-12(14)4-5-13(10)11;1-11-7-9-13(10-8-11)12-5-3-2-4-6-12;1-2-8-6-4-3-5-7-8/h4-8,14H,3H2,1-2H3;2-10H,1H3;3-7H,2H2,1H3. The molecular weight excluding hydrogens is 424 g/mol. The first-order chi connectivity index (χ1) is 17.0. The van der Waals surface area contributed by atoms with E-state index in [1.54, 1.807) is 6.07 Å². The van der Waals surface area contributed by atoms with Crippen molar-refractivity contribution in [3.8, 4) is 16.9 Å². The summed E-state index contributed by atoms with van der Waals surface area (Å²) >= 11 is 0. The molecule has 1 heteroatoms. The summed E-state index contributed by atoms with van der Waals surface area (Å²) in [5.74, 6) is 0.338. The van der Waals surface area contributed by atoms with E-state index in [2.05, 4.69) is 113 Å². The van der Waals surface area contributed by atoms with Gasteiger partial charge in [-0.3, -0.25) is 0 Å². The molecule has 0 radical (unpaired) electrons. The highest BCUT2D eigenvalue weighted by Gasteiger charge is 2.01. The SMILES string of the molecule is CCc1cc(C)cc2cc(O)ccc12.CCc1ccccc1.Cc1ccc(-c2ccccc2)cc1. The maximum atomic E-state index is 9.38. The molecule has 1 nitrogen and oxygen atoms in total. The molecule has 5 rings (SSSR count). The second kappa shape index (κ2) is 13.2. The molecule has 0 aliphatic heterocycles. The Morgan fingerprint density at radius 1 is 0.543 bits per heavy atom. The van der Waals surface area contributed by atoms with Crippen LogP contribution in [0.5, 0.6) is 5.75 Å². The van der Waals surface area contributed by atoms with Gasteiger partial charge in [-0.15, -0.1) is 0 Å². The summed E-state index contributed by atoms with van der Waals surface area (Å²) in [5, 5.41) is 11.8. The van der Waals surface area contributed by atoms with Crippen LogP contribution in [0, 0.1) is 13.8 Å². The zero-order chi connectivity index (χ0) is 25.0. The van der Waals surface area contributed by atoms with Crippen molar-refractivity contribution >= 4 is 10.8 Å². The van der Waals surface area contributed by atoms with Crippen molar-refractivity contribution in [2.24, 2.45) is 0 Å². The van der Waals surface area contributed by atoms with E-state index in [1.807, 2.05) is 24.3 Å². The molecule has 0 unspecified atom stereocenters. The lowest BCUT2D eigenvalue weighted by atomic mass is 10.00. The van der Waals surface area contributed by atoms with Crippen LogP contribution in [0.2, 0.25) is 0 Å². The summed E-state index contributed by atoms with van der Waals surface area (Å²) in [5.41, 5.74) is 7.88. The number of phenolic OH excluding ortho intramolecular Hbond substituents is 1. The predicted molar refractivity (Wildman–Crippen MR) is 152 cm³/mol. The summed E-state index contributed by atoms with van der Waals surface area (Å²) < 4.78 is 0. The number of benzene rings is 5. The Bertz CT molecular complexity index is 1300. The first kappa shape index (κ1) is 25.8. The molecule has 178 valence electrons. The molecule has 0 saturated carbocycles. The van der Waals surface area contributed by atoms with Crippen LogP contribution >= 0.6 is 0 Å². The van der Waals surface area contributed by atoms with Crippen molar-refractivity contribution in [2.45, 2.75) is 40.5 Å². The van der Waals surface area contributed by atoms with E-state index < -0.39 is 0 Å². The van der Waals surface area contributed by atoms with Gasteiger partial charge in [0, 0.05) is 0 Å². The Kier molecular flexibility index (Phi) is 9.69. The molecule has 0 saturated heterocycles. The van der Waals surface area contributed by atoms with Gasteiger partial charge in [-0.2, -0.15) is 0 Å². The van der Waals surface area contributed by atoms with E-state index >= 15 is 0 Å². The second-order valence-electron chi connectivity index (χ2n) is 8.75. The molecule has 0 aromatic heterocycles. The molecular formula is C34H36O. The van der Waals surface area contributed by atoms with Crippen LogP contribution < -0.4 is 0 Å². The summed E-state index contributed by atoms with van der Waals surface area (Å²) in [7, 11) is 0. The lowest BCUT2D eigenvalue weighted by Gasteiger charge is -2.06. The monoisotopic (exact) mass is 460 g/mol.